The second-order valence-corrected chi connectivity index (χ2v) is 4.91. The van der Waals surface area contributed by atoms with E-state index in [1.54, 1.807) is 36.4 Å². The van der Waals surface area contributed by atoms with Crippen molar-refractivity contribution in [3.8, 4) is 5.75 Å². The summed E-state index contributed by atoms with van der Waals surface area (Å²) in [4.78, 5) is 12.5. The van der Waals surface area contributed by atoms with E-state index in [0.717, 1.165) is 4.47 Å². The quantitative estimate of drug-likeness (QED) is 0.691. The maximum atomic E-state index is 12.5. The second-order valence-electron chi connectivity index (χ2n) is 3.99. The summed E-state index contributed by atoms with van der Waals surface area (Å²) in [6.45, 7) is 2.39. The van der Waals surface area contributed by atoms with Gasteiger partial charge < -0.3 is 10.5 Å². The normalized spacial score (nSPS) is 10.2. The molecule has 0 unspecified atom stereocenters. The van der Waals surface area contributed by atoms with E-state index in [2.05, 4.69) is 15.9 Å². The summed E-state index contributed by atoms with van der Waals surface area (Å²) in [6.07, 6.45) is 0. The standard InChI is InChI=1S/C15H14BrNO2/c1-2-19-14-8-7-10(16)9-12(14)15(18)11-5-3-4-6-13(11)17/h3-9H,2,17H2,1H3. The molecule has 0 spiro atoms. The maximum absolute atomic E-state index is 12.5. The summed E-state index contributed by atoms with van der Waals surface area (Å²) in [5.41, 5.74) is 7.31. The van der Waals surface area contributed by atoms with Crippen LogP contribution in [0.3, 0.4) is 0 Å². The molecule has 0 aliphatic carbocycles. The molecule has 2 aromatic carbocycles. The number of para-hydroxylation sites is 1. The monoisotopic (exact) mass is 319 g/mol. The first-order valence-electron chi connectivity index (χ1n) is 5.95. The van der Waals surface area contributed by atoms with Crippen LogP contribution in [0.15, 0.2) is 46.9 Å². The Kier molecular flexibility index (Phi) is 4.22. The van der Waals surface area contributed by atoms with Crippen molar-refractivity contribution in [1.29, 1.82) is 0 Å². The van der Waals surface area contributed by atoms with Crippen molar-refractivity contribution in [2.24, 2.45) is 0 Å². The first-order valence-corrected chi connectivity index (χ1v) is 6.74. The fourth-order valence-corrected chi connectivity index (χ4v) is 2.17. The number of nitrogens with two attached hydrogens (primary N) is 1. The fraction of sp³-hybridized carbons (Fsp3) is 0.133. The summed E-state index contributed by atoms with van der Waals surface area (Å²) in [7, 11) is 0. The number of anilines is 1. The number of nitrogen functional groups attached to an aromatic ring is 1. The highest BCUT2D eigenvalue weighted by molar-refractivity contribution is 9.10. The van der Waals surface area contributed by atoms with E-state index < -0.39 is 0 Å². The van der Waals surface area contributed by atoms with Gasteiger partial charge in [0.05, 0.1) is 12.2 Å². The van der Waals surface area contributed by atoms with Gasteiger partial charge in [-0.2, -0.15) is 0 Å². The molecule has 0 saturated heterocycles. The van der Waals surface area contributed by atoms with Gasteiger partial charge in [-0.15, -0.1) is 0 Å². The van der Waals surface area contributed by atoms with Crippen molar-refractivity contribution in [1.82, 2.24) is 0 Å². The molecule has 0 aliphatic rings. The van der Waals surface area contributed by atoms with Crippen LogP contribution in [0.5, 0.6) is 5.75 Å². The lowest BCUT2D eigenvalue weighted by molar-refractivity contribution is 0.103. The molecule has 2 aromatic rings. The number of carbonyl (C=O) groups is 1. The number of halogens is 1. The van der Waals surface area contributed by atoms with E-state index in [9.17, 15) is 4.79 Å². The van der Waals surface area contributed by atoms with Gasteiger partial charge in [0.1, 0.15) is 5.75 Å². The lowest BCUT2D eigenvalue weighted by Gasteiger charge is -2.11. The van der Waals surface area contributed by atoms with Gasteiger partial charge in [-0.3, -0.25) is 4.79 Å². The minimum atomic E-state index is -0.136. The minimum absolute atomic E-state index is 0.136. The number of hydrogen-bond acceptors (Lipinski definition) is 3. The predicted octanol–water partition coefficient (Wildman–Crippen LogP) is 3.66. The molecule has 0 radical (unpaired) electrons. The first-order chi connectivity index (χ1) is 9.13. The van der Waals surface area contributed by atoms with Gasteiger partial charge in [-0.05, 0) is 37.3 Å². The molecule has 0 heterocycles. The van der Waals surface area contributed by atoms with Gasteiger partial charge in [-0.25, -0.2) is 0 Å². The Labute approximate surface area is 120 Å². The summed E-state index contributed by atoms with van der Waals surface area (Å²) >= 11 is 3.37. The molecular weight excluding hydrogens is 306 g/mol. The third-order valence-electron chi connectivity index (χ3n) is 2.69. The summed E-state index contributed by atoms with van der Waals surface area (Å²) in [5, 5.41) is 0. The number of rotatable bonds is 4. The maximum Gasteiger partial charge on any atom is 0.198 e. The van der Waals surface area contributed by atoms with Gasteiger partial charge in [0.2, 0.25) is 0 Å². The molecule has 0 aromatic heterocycles. The molecule has 4 heteroatoms. The molecule has 0 fully saturated rings. The van der Waals surface area contributed by atoms with Crippen molar-refractivity contribution >= 4 is 27.4 Å². The van der Waals surface area contributed by atoms with Gasteiger partial charge in [0.15, 0.2) is 5.78 Å². The van der Waals surface area contributed by atoms with Gasteiger partial charge in [-0.1, -0.05) is 28.1 Å². The Balaban J connectivity index is 2.49. The largest absolute Gasteiger partial charge is 0.493 e. The lowest BCUT2D eigenvalue weighted by atomic mass is 10.0. The first kappa shape index (κ1) is 13.6. The van der Waals surface area contributed by atoms with Crippen LogP contribution >= 0.6 is 15.9 Å². The van der Waals surface area contributed by atoms with Crippen LogP contribution in [-0.2, 0) is 0 Å². The molecule has 98 valence electrons. The van der Waals surface area contributed by atoms with E-state index in [0.29, 0.717) is 29.2 Å². The predicted molar refractivity (Wildman–Crippen MR) is 79.6 cm³/mol. The van der Waals surface area contributed by atoms with Gasteiger partial charge >= 0.3 is 0 Å². The van der Waals surface area contributed by atoms with Crippen molar-refractivity contribution in [3.63, 3.8) is 0 Å². The molecule has 2 N–H and O–H groups in total. The second kappa shape index (κ2) is 5.89. The molecular formula is C15H14BrNO2. The number of ether oxygens (including phenoxy) is 1. The highest BCUT2D eigenvalue weighted by atomic mass is 79.9. The fourth-order valence-electron chi connectivity index (χ4n) is 1.81. The van der Waals surface area contributed by atoms with E-state index in [1.165, 1.54) is 0 Å². The van der Waals surface area contributed by atoms with E-state index in [4.69, 9.17) is 10.5 Å². The SMILES string of the molecule is CCOc1ccc(Br)cc1C(=O)c1ccccc1N. The summed E-state index contributed by atoms with van der Waals surface area (Å²) in [6, 6.07) is 12.4. The molecule has 2 rings (SSSR count). The topological polar surface area (TPSA) is 52.3 Å². The van der Waals surface area contributed by atoms with Crippen LogP contribution in [0.4, 0.5) is 5.69 Å². The van der Waals surface area contributed by atoms with E-state index in [1.807, 2.05) is 13.0 Å². The lowest BCUT2D eigenvalue weighted by Crippen LogP contribution is -2.08. The van der Waals surface area contributed by atoms with Crippen LogP contribution in [0.1, 0.15) is 22.8 Å². The zero-order valence-corrected chi connectivity index (χ0v) is 12.1. The third-order valence-corrected chi connectivity index (χ3v) is 3.18. The Morgan fingerprint density at radius 1 is 1.21 bits per heavy atom. The number of hydrogen-bond donors (Lipinski definition) is 1. The Morgan fingerprint density at radius 3 is 2.63 bits per heavy atom. The zero-order valence-electron chi connectivity index (χ0n) is 10.5. The van der Waals surface area contributed by atoms with E-state index >= 15 is 0 Å². The zero-order chi connectivity index (χ0) is 13.8. The van der Waals surface area contributed by atoms with Crippen molar-refractivity contribution < 1.29 is 9.53 Å². The van der Waals surface area contributed by atoms with Gasteiger partial charge in [0, 0.05) is 15.7 Å². The summed E-state index contributed by atoms with van der Waals surface area (Å²) in [5.74, 6) is 0.432. The molecule has 0 atom stereocenters. The molecule has 0 bridgehead atoms. The Morgan fingerprint density at radius 2 is 1.95 bits per heavy atom. The Hall–Kier alpha value is -1.81. The van der Waals surface area contributed by atoms with Gasteiger partial charge in [0.25, 0.3) is 0 Å². The van der Waals surface area contributed by atoms with Crippen molar-refractivity contribution in [2.75, 3.05) is 12.3 Å². The average molecular weight is 320 g/mol. The molecule has 0 aliphatic heterocycles. The van der Waals surface area contributed by atoms with Crippen LogP contribution in [0.25, 0.3) is 0 Å². The molecule has 3 nitrogen and oxygen atoms in total. The van der Waals surface area contributed by atoms with Crippen molar-refractivity contribution in [3.05, 3.63) is 58.1 Å². The number of ketones is 1. The third kappa shape index (κ3) is 2.96. The highest BCUT2D eigenvalue weighted by Crippen LogP contribution is 2.27. The van der Waals surface area contributed by atoms with Crippen molar-refractivity contribution in [2.45, 2.75) is 6.92 Å². The molecule has 0 amide bonds. The smallest absolute Gasteiger partial charge is 0.198 e. The van der Waals surface area contributed by atoms with Crippen LogP contribution in [-0.4, -0.2) is 12.4 Å². The summed E-state index contributed by atoms with van der Waals surface area (Å²) < 4.78 is 6.32. The Bertz CT molecular complexity index is 611. The van der Waals surface area contributed by atoms with Crippen LogP contribution in [0, 0.1) is 0 Å². The molecule has 19 heavy (non-hydrogen) atoms. The highest BCUT2D eigenvalue weighted by Gasteiger charge is 2.17. The number of benzene rings is 2. The number of carbonyl (C=O) groups excluding carboxylic acids is 1. The minimum Gasteiger partial charge on any atom is -0.493 e. The van der Waals surface area contributed by atoms with E-state index in [-0.39, 0.29) is 5.78 Å². The average Bonchev–Trinajstić information content (AvgIpc) is 2.41. The molecule has 0 saturated carbocycles. The van der Waals surface area contributed by atoms with Crippen LogP contribution in [0.2, 0.25) is 0 Å². The van der Waals surface area contributed by atoms with Crippen LogP contribution < -0.4 is 10.5 Å².